The van der Waals surface area contributed by atoms with Gasteiger partial charge in [-0.1, -0.05) is 6.07 Å². The molecule has 3 rings (SSSR count). The third kappa shape index (κ3) is 5.43. The topological polar surface area (TPSA) is 77.1 Å². The predicted molar refractivity (Wildman–Crippen MR) is 121 cm³/mol. The molecule has 0 aromatic heterocycles. The summed E-state index contributed by atoms with van der Waals surface area (Å²) in [5.41, 5.74) is -1.01. The first-order valence-corrected chi connectivity index (χ1v) is 11.1. The highest BCUT2D eigenvalue weighted by atomic mass is 19.1. The number of nitrogens with one attached hydrogen (secondary N) is 1. The van der Waals surface area contributed by atoms with Crippen molar-refractivity contribution in [2.24, 2.45) is 5.92 Å². The minimum absolute atomic E-state index is 0.184. The molecule has 32 heavy (non-hydrogen) atoms. The van der Waals surface area contributed by atoms with Gasteiger partial charge < -0.3 is 24.3 Å². The predicted octanol–water partition coefficient (Wildman–Crippen LogP) is 3.71. The van der Waals surface area contributed by atoms with Crippen molar-refractivity contribution < 1.29 is 28.0 Å². The summed E-state index contributed by atoms with van der Waals surface area (Å²) in [5.74, 6) is -0.933. The number of rotatable bonds is 3. The van der Waals surface area contributed by atoms with E-state index in [1.165, 1.54) is 6.07 Å². The Morgan fingerprint density at radius 2 is 1.69 bits per heavy atom. The highest BCUT2D eigenvalue weighted by Gasteiger charge is 2.52. The normalized spacial score (nSPS) is 20.9. The minimum Gasteiger partial charge on any atom is -0.444 e. The van der Waals surface area contributed by atoms with E-state index in [9.17, 15) is 14.0 Å². The summed E-state index contributed by atoms with van der Waals surface area (Å²) in [6, 6.07) is 4.52. The first-order valence-electron chi connectivity index (χ1n) is 11.1. The van der Waals surface area contributed by atoms with Crippen LogP contribution >= 0.6 is 0 Å². The van der Waals surface area contributed by atoms with E-state index in [-0.39, 0.29) is 17.9 Å². The molecule has 0 radical (unpaired) electrons. The van der Waals surface area contributed by atoms with E-state index < -0.39 is 29.7 Å². The molecule has 0 aliphatic carbocycles. The van der Waals surface area contributed by atoms with E-state index in [0.717, 1.165) is 0 Å². The number of anilines is 1. The lowest BCUT2D eigenvalue weighted by atomic mass is 9.78. The Kier molecular flexibility index (Phi) is 6.64. The zero-order chi connectivity index (χ0) is 23.9. The molecule has 0 saturated carbocycles. The van der Waals surface area contributed by atoms with Crippen LogP contribution in [-0.2, 0) is 18.8 Å². The lowest BCUT2D eigenvalue weighted by Crippen LogP contribution is -2.43. The Hall–Kier alpha value is -2.13. The number of carbonyl (C=O) groups is 2. The molecule has 0 bridgehead atoms. The van der Waals surface area contributed by atoms with Crippen molar-refractivity contribution in [2.75, 3.05) is 18.4 Å². The van der Waals surface area contributed by atoms with E-state index in [1.54, 1.807) is 17.0 Å². The first kappa shape index (κ1) is 24.5. The first-order chi connectivity index (χ1) is 14.7. The number of halogens is 1. The number of hydrogen-bond donors (Lipinski definition) is 1. The highest BCUT2D eigenvalue weighted by molar-refractivity contribution is 6.62. The van der Waals surface area contributed by atoms with Gasteiger partial charge in [0.15, 0.2) is 0 Å². The molecule has 0 spiro atoms. The van der Waals surface area contributed by atoms with Crippen LogP contribution in [0.15, 0.2) is 18.2 Å². The Bertz CT molecular complexity index is 860. The molecule has 2 aliphatic heterocycles. The largest absolute Gasteiger partial charge is 0.497 e. The SMILES string of the molecule is CC(C)(C)OC(=O)N1CCC(C(=O)Nc2ccc(B3OC(C)(C)C(C)(C)O3)c(F)c2)CC1. The van der Waals surface area contributed by atoms with E-state index >= 15 is 0 Å². The van der Waals surface area contributed by atoms with Crippen LogP contribution < -0.4 is 10.8 Å². The molecule has 9 heteroatoms. The van der Waals surface area contributed by atoms with Gasteiger partial charge in [-0.3, -0.25) is 4.79 Å². The summed E-state index contributed by atoms with van der Waals surface area (Å²) in [5, 5.41) is 2.79. The molecular weight excluding hydrogens is 414 g/mol. The summed E-state index contributed by atoms with van der Waals surface area (Å²) >= 11 is 0. The maximum absolute atomic E-state index is 14.8. The van der Waals surface area contributed by atoms with Gasteiger partial charge in [-0.2, -0.15) is 0 Å². The molecule has 2 amide bonds. The molecule has 0 atom stereocenters. The van der Waals surface area contributed by atoms with Gasteiger partial charge in [0.05, 0.1) is 11.2 Å². The van der Waals surface area contributed by atoms with Crippen molar-refractivity contribution in [2.45, 2.75) is 78.1 Å². The fourth-order valence-electron chi connectivity index (χ4n) is 3.66. The number of benzene rings is 1. The number of carbonyl (C=O) groups excluding carboxylic acids is 2. The lowest BCUT2D eigenvalue weighted by molar-refractivity contribution is -0.121. The fraction of sp³-hybridized carbons (Fsp3) is 0.652. The van der Waals surface area contributed by atoms with Crippen molar-refractivity contribution in [3.63, 3.8) is 0 Å². The van der Waals surface area contributed by atoms with Crippen molar-refractivity contribution in [1.82, 2.24) is 4.90 Å². The number of hydrogen-bond acceptors (Lipinski definition) is 5. The van der Waals surface area contributed by atoms with Gasteiger partial charge in [0, 0.05) is 30.2 Å². The molecule has 2 heterocycles. The molecular formula is C23H34BFN2O5. The number of amides is 2. The van der Waals surface area contributed by atoms with Crippen molar-refractivity contribution >= 4 is 30.3 Å². The van der Waals surface area contributed by atoms with Crippen LogP contribution in [0.1, 0.15) is 61.3 Å². The fourth-order valence-corrected chi connectivity index (χ4v) is 3.66. The van der Waals surface area contributed by atoms with Crippen LogP contribution in [0, 0.1) is 11.7 Å². The summed E-state index contributed by atoms with van der Waals surface area (Å²) in [6.45, 7) is 14.0. The third-order valence-electron chi connectivity index (χ3n) is 6.29. The molecule has 2 fully saturated rings. The highest BCUT2D eigenvalue weighted by Crippen LogP contribution is 2.36. The monoisotopic (exact) mass is 448 g/mol. The van der Waals surface area contributed by atoms with Gasteiger partial charge in [0.1, 0.15) is 11.4 Å². The lowest BCUT2D eigenvalue weighted by Gasteiger charge is -2.32. The quantitative estimate of drug-likeness (QED) is 0.714. The Morgan fingerprint density at radius 1 is 1.12 bits per heavy atom. The average molecular weight is 448 g/mol. The second kappa shape index (κ2) is 8.67. The van der Waals surface area contributed by atoms with Gasteiger partial charge in [-0.05, 0) is 73.4 Å². The summed E-state index contributed by atoms with van der Waals surface area (Å²) in [4.78, 5) is 26.5. The number of likely N-dealkylation sites (tertiary alicyclic amines) is 1. The van der Waals surface area contributed by atoms with Gasteiger partial charge in [-0.25, -0.2) is 9.18 Å². The average Bonchev–Trinajstić information content (AvgIpc) is 2.87. The van der Waals surface area contributed by atoms with E-state index in [0.29, 0.717) is 37.1 Å². The Labute approximate surface area is 190 Å². The van der Waals surface area contributed by atoms with E-state index in [2.05, 4.69) is 5.32 Å². The maximum Gasteiger partial charge on any atom is 0.497 e. The molecule has 1 N–H and O–H groups in total. The summed E-state index contributed by atoms with van der Waals surface area (Å²) in [6.07, 6.45) is 0.691. The molecule has 1 aromatic carbocycles. The zero-order valence-corrected chi connectivity index (χ0v) is 20.1. The van der Waals surface area contributed by atoms with Crippen LogP contribution in [0.2, 0.25) is 0 Å². The second-order valence-corrected chi connectivity index (χ2v) is 10.6. The van der Waals surface area contributed by atoms with Crippen molar-refractivity contribution in [3.8, 4) is 0 Å². The Morgan fingerprint density at radius 3 is 2.19 bits per heavy atom. The molecule has 176 valence electrons. The Balaban J connectivity index is 1.57. The maximum atomic E-state index is 14.8. The smallest absolute Gasteiger partial charge is 0.444 e. The van der Waals surface area contributed by atoms with Gasteiger partial charge in [0.25, 0.3) is 0 Å². The van der Waals surface area contributed by atoms with Crippen LogP contribution in [0.25, 0.3) is 0 Å². The minimum atomic E-state index is -0.804. The summed E-state index contributed by atoms with van der Waals surface area (Å²) < 4.78 is 32.0. The molecule has 7 nitrogen and oxygen atoms in total. The van der Waals surface area contributed by atoms with Crippen molar-refractivity contribution in [1.29, 1.82) is 0 Å². The van der Waals surface area contributed by atoms with Crippen LogP contribution in [0.3, 0.4) is 0 Å². The van der Waals surface area contributed by atoms with Gasteiger partial charge in [-0.15, -0.1) is 0 Å². The van der Waals surface area contributed by atoms with Crippen LogP contribution in [0.5, 0.6) is 0 Å². The van der Waals surface area contributed by atoms with Gasteiger partial charge >= 0.3 is 13.2 Å². The van der Waals surface area contributed by atoms with Gasteiger partial charge in [0.2, 0.25) is 5.91 Å². The van der Waals surface area contributed by atoms with Crippen molar-refractivity contribution in [3.05, 3.63) is 24.0 Å². The molecule has 1 aromatic rings. The number of ether oxygens (including phenoxy) is 1. The van der Waals surface area contributed by atoms with Crippen LogP contribution in [-0.4, -0.2) is 53.9 Å². The molecule has 2 aliphatic rings. The zero-order valence-electron chi connectivity index (χ0n) is 20.1. The third-order valence-corrected chi connectivity index (χ3v) is 6.29. The number of nitrogens with zero attached hydrogens (tertiary/aromatic N) is 1. The van der Waals surface area contributed by atoms with E-state index in [4.69, 9.17) is 14.0 Å². The molecule has 2 saturated heterocycles. The molecule has 0 unspecified atom stereocenters. The second-order valence-electron chi connectivity index (χ2n) is 10.6. The summed E-state index contributed by atoms with van der Waals surface area (Å²) in [7, 11) is -0.804. The standard InChI is InChI=1S/C23H34BFN2O5/c1-21(2,3)30-20(29)27-12-10-15(11-13-27)19(28)26-16-8-9-17(18(25)14-16)24-31-22(4,5)23(6,7)32-24/h8-9,14-15H,10-13H2,1-7H3,(H,26,28). The van der Waals surface area contributed by atoms with Crippen LogP contribution in [0.4, 0.5) is 14.9 Å². The number of piperidine rings is 1. The van der Waals surface area contributed by atoms with E-state index in [1.807, 2.05) is 48.5 Å².